The van der Waals surface area contributed by atoms with E-state index in [9.17, 15) is 19.2 Å². The molecular formula is C19H17N5O4. The van der Waals surface area contributed by atoms with Crippen LogP contribution in [-0.2, 0) is 16.6 Å². The highest BCUT2D eigenvalue weighted by Gasteiger charge is 2.30. The molecule has 1 aliphatic rings. The van der Waals surface area contributed by atoms with Crippen LogP contribution >= 0.6 is 0 Å². The van der Waals surface area contributed by atoms with Crippen molar-refractivity contribution in [2.45, 2.75) is 18.8 Å². The third kappa shape index (κ3) is 3.53. The molecule has 1 atom stereocenters. The second kappa shape index (κ2) is 7.44. The van der Waals surface area contributed by atoms with E-state index in [1.54, 1.807) is 24.3 Å². The lowest BCUT2D eigenvalue weighted by atomic mass is 9.87. The highest BCUT2D eigenvalue weighted by molar-refractivity contribution is 6.46. The van der Waals surface area contributed by atoms with E-state index in [1.165, 1.54) is 20.3 Å². The zero-order valence-corrected chi connectivity index (χ0v) is 15.3. The number of aryl methyl sites for hydroxylation is 1. The number of amides is 1. The van der Waals surface area contributed by atoms with E-state index in [0.717, 1.165) is 9.69 Å². The highest BCUT2D eigenvalue weighted by atomic mass is 16.2. The van der Waals surface area contributed by atoms with Gasteiger partial charge >= 0.3 is 5.56 Å². The fourth-order valence-electron chi connectivity index (χ4n) is 3.03. The summed E-state index contributed by atoms with van der Waals surface area (Å²) in [6.45, 7) is 0. The lowest BCUT2D eigenvalue weighted by Crippen LogP contribution is -2.41. The van der Waals surface area contributed by atoms with Gasteiger partial charge in [-0.3, -0.25) is 23.9 Å². The molecule has 1 aliphatic heterocycles. The van der Waals surface area contributed by atoms with Crippen LogP contribution in [0.25, 0.3) is 0 Å². The summed E-state index contributed by atoms with van der Waals surface area (Å²) in [4.78, 5) is 49.7. The quantitative estimate of drug-likeness (QED) is 0.748. The van der Waals surface area contributed by atoms with Gasteiger partial charge in [0.05, 0.1) is 17.2 Å². The number of aromatic nitrogens is 2. The number of rotatable bonds is 2. The molecule has 0 fully saturated rings. The number of benzene rings is 1. The van der Waals surface area contributed by atoms with Crippen molar-refractivity contribution in [1.82, 2.24) is 14.8 Å². The molecule has 0 spiro atoms. The normalized spacial score (nSPS) is 17.5. The van der Waals surface area contributed by atoms with Crippen molar-refractivity contribution in [3.63, 3.8) is 0 Å². The van der Waals surface area contributed by atoms with Crippen molar-refractivity contribution in [3.05, 3.63) is 67.7 Å². The van der Waals surface area contributed by atoms with E-state index < -0.39 is 22.7 Å². The summed E-state index contributed by atoms with van der Waals surface area (Å²) < 4.78 is 0.991. The fraction of sp³-hybridized carbons (Fsp3) is 0.263. The van der Waals surface area contributed by atoms with E-state index in [-0.39, 0.29) is 30.0 Å². The predicted octanol–water partition coefficient (Wildman–Crippen LogP) is 0.254. The number of Topliss-reactive ketones (excluding diaryl/α,β-unsaturated/α-hetero) is 1. The molecule has 0 saturated heterocycles. The molecule has 1 aromatic carbocycles. The van der Waals surface area contributed by atoms with Gasteiger partial charge in [0.25, 0.3) is 5.43 Å². The molecule has 142 valence electrons. The van der Waals surface area contributed by atoms with E-state index >= 15 is 0 Å². The minimum absolute atomic E-state index is 0.0286. The molecule has 0 saturated carbocycles. The Hall–Kier alpha value is -3.80. The molecule has 0 aliphatic carbocycles. The number of ketones is 1. The van der Waals surface area contributed by atoms with E-state index in [1.807, 2.05) is 6.07 Å². The van der Waals surface area contributed by atoms with Crippen LogP contribution in [0.2, 0.25) is 0 Å². The molecule has 1 unspecified atom stereocenters. The summed E-state index contributed by atoms with van der Waals surface area (Å²) in [7, 11) is 2.77. The fourth-order valence-corrected chi connectivity index (χ4v) is 3.03. The zero-order valence-electron chi connectivity index (χ0n) is 15.3. The number of nitriles is 1. The van der Waals surface area contributed by atoms with Gasteiger partial charge in [-0.15, -0.1) is 0 Å². The van der Waals surface area contributed by atoms with Crippen LogP contribution in [-0.4, -0.2) is 39.2 Å². The smallest absolute Gasteiger partial charge is 0.302 e. The Morgan fingerprint density at radius 2 is 1.93 bits per heavy atom. The molecule has 2 heterocycles. The van der Waals surface area contributed by atoms with Gasteiger partial charge < -0.3 is 5.10 Å². The molecule has 0 bridgehead atoms. The lowest BCUT2D eigenvalue weighted by molar-refractivity contribution is -0.130. The van der Waals surface area contributed by atoms with E-state index in [2.05, 4.69) is 10.2 Å². The predicted molar refractivity (Wildman–Crippen MR) is 99.7 cm³/mol. The van der Waals surface area contributed by atoms with E-state index in [4.69, 9.17) is 5.26 Å². The number of carbonyl (C=O) groups excluding carboxylic acids is 2. The molecule has 3 rings (SSSR count). The molecule has 1 aromatic heterocycles. The number of hydrogen-bond acceptors (Lipinski definition) is 6. The molecule has 9 nitrogen and oxygen atoms in total. The molecule has 28 heavy (non-hydrogen) atoms. The minimum Gasteiger partial charge on any atom is -0.302 e. The third-order valence-electron chi connectivity index (χ3n) is 4.62. The number of aromatic amines is 1. The van der Waals surface area contributed by atoms with Gasteiger partial charge in [0.2, 0.25) is 5.91 Å². The van der Waals surface area contributed by atoms with Crippen molar-refractivity contribution in [2.75, 3.05) is 7.05 Å². The summed E-state index contributed by atoms with van der Waals surface area (Å²) in [5.74, 6) is -1.30. The first-order chi connectivity index (χ1) is 13.3. The Morgan fingerprint density at radius 3 is 2.64 bits per heavy atom. The van der Waals surface area contributed by atoms with Gasteiger partial charge in [0, 0.05) is 39.1 Å². The maximum atomic E-state index is 12.9. The SMILES string of the molecule is CN1N=C(c2c[nH]n(C)c(=O)c2=O)C(=O)CC(c2cccc(C#N)c2)CC1=O. The summed E-state index contributed by atoms with van der Waals surface area (Å²) in [6, 6.07) is 8.73. The Balaban J connectivity index is 2.08. The summed E-state index contributed by atoms with van der Waals surface area (Å²) >= 11 is 0. The molecule has 9 heteroatoms. The Kier molecular flexibility index (Phi) is 5.04. The van der Waals surface area contributed by atoms with Gasteiger partial charge in [-0.2, -0.15) is 10.4 Å². The second-order valence-electron chi connectivity index (χ2n) is 6.51. The van der Waals surface area contributed by atoms with Gasteiger partial charge in [-0.1, -0.05) is 12.1 Å². The first-order valence-electron chi connectivity index (χ1n) is 8.49. The van der Waals surface area contributed by atoms with Crippen LogP contribution in [0.1, 0.15) is 35.4 Å². The summed E-state index contributed by atoms with van der Waals surface area (Å²) in [5.41, 5.74) is -1.03. The molecule has 2 aromatic rings. The van der Waals surface area contributed by atoms with Crippen LogP contribution in [0.3, 0.4) is 0 Å². The first-order valence-corrected chi connectivity index (χ1v) is 8.49. The largest absolute Gasteiger partial charge is 0.313 e. The van der Waals surface area contributed by atoms with Gasteiger partial charge in [-0.25, -0.2) is 5.01 Å². The number of nitrogens with one attached hydrogen (secondary N) is 1. The highest BCUT2D eigenvalue weighted by Crippen LogP contribution is 2.27. The summed E-state index contributed by atoms with van der Waals surface area (Å²) in [6.07, 6.45) is 1.18. The third-order valence-corrected chi connectivity index (χ3v) is 4.62. The van der Waals surface area contributed by atoms with Crippen molar-refractivity contribution >= 4 is 17.4 Å². The lowest BCUT2D eigenvalue weighted by Gasteiger charge is -2.23. The summed E-state index contributed by atoms with van der Waals surface area (Å²) in [5, 5.41) is 16.7. The van der Waals surface area contributed by atoms with Crippen molar-refractivity contribution in [3.8, 4) is 6.07 Å². The number of hydrogen-bond donors (Lipinski definition) is 1. The topological polar surface area (TPSA) is 128 Å². The van der Waals surface area contributed by atoms with Gasteiger partial charge in [-0.05, 0) is 17.7 Å². The Bertz CT molecular complexity index is 1150. The molecular weight excluding hydrogens is 362 g/mol. The van der Waals surface area contributed by atoms with Crippen LogP contribution in [0.5, 0.6) is 0 Å². The second-order valence-corrected chi connectivity index (χ2v) is 6.51. The van der Waals surface area contributed by atoms with Crippen LogP contribution in [0.4, 0.5) is 0 Å². The van der Waals surface area contributed by atoms with Crippen molar-refractivity contribution < 1.29 is 9.59 Å². The maximum Gasteiger partial charge on any atom is 0.313 e. The Labute approximate surface area is 159 Å². The first kappa shape index (κ1) is 19.0. The average Bonchev–Trinajstić information content (AvgIpc) is 2.69. The Morgan fingerprint density at radius 1 is 1.18 bits per heavy atom. The van der Waals surface area contributed by atoms with E-state index in [0.29, 0.717) is 11.1 Å². The minimum atomic E-state index is -0.877. The molecule has 0 radical (unpaired) electrons. The molecule has 1 amide bonds. The maximum absolute atomic E-state index is 12.9. The number of hydrazone groups is 1. The van der Waals surface area contributed by atoms with Gasteiger partial charge in [0.15, 0.2) is 5.78 Å². The monoisotopic (exact) mass is 379 g/mol. The van der Waals surface area contributed by atoms with Crippen molar-refractivity contribution in [1.29, 1.82) is 5.26 Å². The van der Waals surface area contributed by atoms with Crippen LogP contribution in [0, 0.1) is 11.3 Å². The zero-order chi connectivity index (χ0) is 20.4. The number of carbonyl (C=O) groups is 2. The number of nitrogens with zero attached hydrogens (tertiary/aromatic N) is 4. The van der Waals surface area contributed by atoms with Gasteiger partial charge in [0.1, 0.15) is 5.71 Å². The molecule has 1 N–H and O–H groups in total. The van der Waals surface area contributed by atoms with Crippen molar-refractivity contribution in [2.24, 2.45) is 12.1 Å². The number of H-pyrrole nitrogens is 1. The standard InChI is InChI=1S/C19H17N5O4/c1-23-16(26)8-13(12-5-3-4-11(6-12)9-20)7-15(25)17(22-23)14-10-21-24(2)19(28)18(14)27/h3-6,10,13,21H,7-8H2,1-2H3. The van der Waals surface area contributed by atoms with Crippen LogP contribution in [0.15, 0.2) is 45.2 Å². The average molecular weight is 379 g/mol. The van der Waals surface area contributed by atoms with Crippen LogP contribution < -0.4 is 11.0 Å².